The topological polar surface area (TPSA) is 72.7 Å². The summed E-state index contributed by atoms with van der Waals surface area (Å²) in [5.41, 5.74) is 1.25. The Balaban J connectivity index is 1.46. The van der Waals surface area contributed by atoms with E-state index in [2.05, 4.69) is 11.9 Å². The van der Waals surface area contributed by atoms with Crippen molar-refractivity contribution in [2.45, 2.75) is 114 Å². The number of nitrogens with one attached hydrogen (secondary N) is 1. The summed E-state index contributed by atoms with van der Waals surface area (Å²) < 4.78 is 3.42. The third-order valence-corrected chi connectivity index (χ3v) is 8.29. The van der Waals surface area contributed by atoms with Gasteiger partial charge < -0.3 is 4.57 Å². The van der Waals surface area contributed by atoms with Gasteiger partial charge in [-0.2, -0.15) is 0 Å². The van der Waals surface area contributed by atoms with Crippen LogP contribution >= 0.6 is 23.4 Å². The monoisotopic (exact) mass is 546 g/mol. The van der Waals surface area contributed by atoms with Crippen molar-refractivity contribution in [3.63, 3.8) is 0 Å². The summed E-state index contributed by atoms with van der Waals surface area (Å²) in [4.78, 5) is 31.9. The number of fused-ring (bicyclic) bond motifs is 1. The van der Waals surface area contributed by atoms with Gasteiger partial charge in [0.05, 0.1) is 0 Å². The van der Waals surface area contributed by atoms with Gasteiger partial charge >= 0.3 is 5.69 Å². The summed E-state index contributed by atoms with van der Waals surface area (Å²) in [5.74, 6) is 0.713. The minimum Gasteiger partial charge on any atom is -0.313 e. The van der Waals surface area contributed by atoms with Crippen LogP contribution in [0, 0.1) is 0 Å². The van der Waals surface area contributed by atoms with Gasteiger partial charge in [-0.3, -0.25) is 14.3 Å². The molecule has 0 radical (unpaired) electrons. The van der Waals surface area contributed by atoms with Gasteiger partial charge in [-0.15, -0.1) is 0 Å². The summed E-state index contributed by atoms with van der Waals surface area (Å²) in [6.45, 7) is 2.99. The molecule has 2 heterocycles. The van der Waals surface area contributed by atoms with E-state index in [-0.39, 0.29) is 5.56 Å². The molecule has 0 saturated carbocycles. The maximum atomic E-state index is 12.7. The second-order valence-electron chi connectivity index (χ2n) is 10.0. The van der Waals surface area contributed by atoms with Gasteiger partial charge in [-0.1, -0.05) is 126 Å². The molecule has 0 spiro atoms. The van der Waals surface area contributed by atoms with Crippen molar-refractivity contribution in [2.75, 3.05) is 0 Å². The summed E-state index contributed by atoms with van der Waals surface area (Å²) in [7, 11) is 1.65. The average Bonchev–Trinajstić information content (AvgIpc) is 3.26. The molecule has 0 unspecified atom stereocenters. The summed E-state index contributed by atoms with van der Waals surface area (Å²) in [5, 5.41) is 1.48. The fourth-order valence-electron chi connectivity index (χ4n) is 4.73. The van der Waals surface area contributed by atoms with Crippen molar-refractivity contribution in [3.8, 4) is 0 Å². The van der Waals surface area contributed by atoms with Crippen molar-refractivity contribution < 1.29 is 0 Å². The fraction of sp³-hybridized carbons (Fsp3) is 0.621. The molecule has 0 saturated heterocycles. The van der Waals surface area contributed by atoms with Crippen molar-refractivity contribution in [3.05, 3.63) is 55.7 Å². The molecule has 3 rings (SSSR count). The molecule has 0 amide bonds. The van der Waals surface area contributed by atoms with Crippen LogP contribution in [0.3, 0.4) is 0 Å². The maximum Gasteiger partial charge on any atom is 0.329 e. The van der Waals surface area contributed by atoms with Crippen LogP contribution in [-0.4, -0.2) is 19.1 Å². The van der Waals surface area contributed by atoms with Crippen LogP contribution in [0.15, 0.2) is 39.0 Å². The van der Waals surface area contributed by atoms with Crippen LogP contribution < -0.4 is 11.2 Å². The van der Waals surface area contributed by atoms with E-state index < -0.39 is 5.69 Å². The number of aromatic nitrogens is 4. The van der Waals surface area contributed by atoms with Crippen molar-refractivity contribution >= 4 is 34.5 Å². The van der Waals surface area contributed by atoms with E-state index in [0.29, 0.717) is 21.9 Å². The summed E-state index contributed by atoms with van der Waals surface area (Å²) in [6, 6.07) is 7.75. The standard InChI is InChI=1S/C29H43ClN4O2S/c1-3-4-5-6-7-8-9-10-11-12-13-14-15-16-21-34-25-26(33(2)28(36)32-27(25)35)31-29(34)37-22-23-17-19-24(30)20-18-23/h17-20H,3-16,21-22H2,1-2H3,(H,32,35,36). The van der Waals surface area contributed by atoms with Crippen molar-refractivity contribution in [1.82, 2.24) is 19.1 Å². The molecule has 8 heteroatoms. The smallest absolute Gasteiger partial charge is 0.313 e. The zero-order valence-electron chi connectivity index (χ0n) is 22.6. The van der Waals surface area contributed by atoms with Gasteiger partial charge in [0, 0.05) is 24.4 Å². The van der Waals surface area contributed by atoms with Gasteiger partial charge in [0.2, 0.25) is 0 Å². The van der Waals surface area contributed by atoms with Crippen LogP contribution in [0.4, 0.5) is 0 Å². The van der Waals surface area contributed by atoms with E-state index in [4.69, 9.17) is 16.6 Å². The fourth-order valence-corrected chi connectivity index (χ4v) is 5.83. The van der Waals surface area contributed by atoms with E-state index in [0.717, 1.165) is 30.1 Å². The first-order valence-corrected chi connectivity index (χ1v) is 15.4. The predicted octanol–water partition coefficient (Wildman–Crippen LogP) is 7.85. The first kappa shape index (κ1) is 29.6. The third kappa shape index (κ3) is 9.36. The van der Waals surface area contributed by atoms with E-state index in [1.165, 1.54) is 81.6 Å². The van der Waals surface area contributed by atoms with Gasteiger partial charge in [-0.25, -0.2) is 9.78 Å². The summed E-state index contributed by atoms with van der Waals surface area (Å²) >= 11 is 7.60. The normalized spacial score (nSPS) is 11.5. The molecule has 1 N–H and O–H groups in total. The van der Waals surface area contributed by atoms with Gasteiger partial charge in [-0.05, 0) is 24.1 Å². The molecular weight excluding hydrogens is 504 g/mol. The molecule has 6 nitrogen and oxygen atoms in total. The maximum absolute atomic E-state index is 12.7. The molecule has 0 atom stereocenters. The Morgan fingerprint density at radius 3 is 1.95 bits per heavy atom. The largest absolute Gasteiger partial charge is 0.329 e. The lowest BCUT2D eigenvalue weighted by atomic mass is 10.0. The van der Waals surface area contributed by atoms with E-state index in [1.54, 1.807) is 18.8 Å². The number of aryl methyl sites for hydroxylation is 2. The number of halogens is 1. The predicted molar refractivity (Wildman–Crippen MR) is 157 cm³/mol. The molecule has 0 bridgehead atoms. The molecule has 3 aromatic rings. The number of imidazole rings is 1. The van der Waals surface area contributed by atoms with Gasteiger partial charge in [0.1, 0.15) is 0 Å². The first-order valence-electron chi connectivity index (χ1n) is 14.1. The Bertz CT molecular complexity index is 1200. The lowest BCUT2D eigenvalue weighted by Gasteiger charge is -2.09. The molecule has 0 fully saturated rings. The number of hydrogen-bond donors (Lipinski definition) is 1. The zero-order chi connectivity index (χ0) is 26.5. The number of thioether (sulfide) groups is 1. The Morgan fingerprint density at radius 1 is 0.838 bits per heavy atom. The highest BCUT2D eigenvalue weighted by molar-refractivity contribution is 7.98. The van der Waals surface area contributed by atoms with Crippen LogP contribution in [0.5, 0.6) is 0 Å². The SMILES string of the molecule is CCCCCCCCCCCCCCCCn1c(SCc2ccc(Cl)cc2)nc2c1c(=O)[nH]c(=O)n2C. The van der Waals surface area contributed by atoms with Crippen LogP contribution in [-0.2, 0) is 19.3 Å². The first-order chi connectivity index (χ1) is 18.0. The third-order valence-electron chi connectivity index (χ3n) is 6.99. The van der Waals surface area contributed by atoms with Crippen LogP contribution in [0.1, 0.15) is 102 Å². The average molecular weight is 547 g/mol. The van der Waals surface area contributed by atoms with Crippen molar-refractivity contribution in [1.29, 1.82) is 0 Å². The molecule has 0 aliphatic rings. The zero-order valence-corrected chi connectivity index (χ0v) is 24.1. The number of unbranched alkanes of at least 4 members (excludes halogenated alkanes) is 13. The molecule has 37 heavy (non-hydrogen) atoms. The van der Waals surface area contributed by atoms with Crippen LogP contribution in [0.2, 0.25) is 5.02 Å². The second kappa shape index (κ2) is 16.1. The molecule has 204 valence electrons. The van der Waals surface area contributed by atoms with E-state index >= 15 is 0 Å². The Hall–Kier alpha value is -1.99. The molecular formula is C29H43ClN4O2S. The quantitative estimate of drug-likeness (QED) is 0.130. The lowest BCUT2D eigenvalue weighted by molar-refractivity contribution is 0.519. The lowest BCUT2D eigenvalue weighted by Crippen LogP contribution is -2.29. The number of nitrogens with zero attached hydrogens (tertiary/aromatic N) is 3. The molecule has 1 aromatic carbocycles. The Labute approximate surface area is 230 Å². The second-order valence-corrected chi connectivity index (χ2v) is 11.4. The molecule has 0 aliphatic carbocycles. The minimum absolute atomic E-state index is 0.366. The molecule has 0 aliphatic heterocycles. The number of H-pyrrole nitrogens is 1. The van der Waals surface area contributed by atoms with Gasteiger partial charge in [0.15, 0.2) is 16.3 Å². The number of aromatic amines is 1. The number of benzene rings is 1. The van der Waals surface area contributed by atoms with Crippen LogP contribution in [0.25, 0.3) is 11.2 Å². The Kier molecular flexibility index (Phi) is 12.8. The minimum atomic E-state index is -0.437. The number of rotatable bonds is 18. The highest BCUT2D eigenvalue weighted by Gasteiger charge is 2.17. The number of hydrogen-bond acceptors (Lipinski definition) is 4. The Morgan fingerprint density at radius 2 is 1.38 bits per heavy atom. The van der Waals surface area contributed by atoms with Gasteiger partial charge in [0.25, 0.3) is 5.56 Å². The van der Waals surface area contributed by atoms with E-state index in [1.807, 2.05) is 28.8 Å². The summed E-state index contributed by atoms with van der Waals surface area (Å²) in [6.07, 6.45) is 18.3. The highest BCUT2D eigenvalue weighted by atomic mass is 35.5. The molecule has 2 aromatic heterocycles. The van der Waals surface area contributed by atoms with Crippen molar-refractivity contribution in [2.24, 2.45) is 7.05 Å². The van der Waals surface area contributed by atoms with E-state index in [9.17, 15) is 9.59 Å². The highest BCUT2D eigenvalue weighted by Crippen LogP contribution is 2.26.